The van der Waals surface area contributed by atoms with Crippen molar-refractivity contribution >= 4 is 5.97 Å². The van der Waals surface area contributed by atoms with Gasteiger partial charge in [-0.25, -0.2) is 0 Å². The Labute approximate surface area is 94.5 Å². The number of hydrogen-bond acceptors (Lipinski definition) is 3. The van der Waals surface area contributed by atoms with Crippen molar-refractivity contribution in [3.63, 3.8) is 0 Å². The first-order valence-electron chi connectivity index (χ1n) is 5.58. The zero-order valence-corrected chi connectivity index (χ0v) is 9.44. The van der Waals surface area contributed by atoms with Crippen molar-refractivity contribution in [2.75, 3.05) is 0 Å². The number of aliphatic carboxylic acids is 1. The SMILES string of the molecule is Cn1cc(CNC2(C(=O)O)CCCC2)cn1. The summed E-state index contributed by atoms with van der Waals surface area (Å²) in [6, 6.07) is 0. The molecule has 5 heteroatoms. The van der Waals surface area contributed by atoms with Gasteiger partial charge < -0.3 is 5.11 Å². The molecule has 5 nitrogen and oxygen atoms in total. The first kappa shape index (κ1) is 11.1. The van der Waals surface area contributed by atoms with Gasteiger partial charge in [0, 0.05) is 25.4 Å². The van der Waals surface area contributed by atoms with E-state index in [4.69, 9.17) is 0 Å². The van der Waals surface area contributed by atoms with E-state index in [1.54, 1.807) is 10.9 Å². The molecule has 0 unspecified atom stereocenters. The van der Waals surface area contributed by atoms with Gasteiger partial charge in [0.15, 0.2) is 0 Å². The molecule has 1 saturated carbocycles. The second-order valence-corrected chi connectivity index (χ2v) is 4.47. The molecule has 2 rings (SSSR count). The maximum absolute atomic E-state index is 11.3. The van der Waals surface area contributed by atoms with Gasteiger partial charge >= 0.3 is 5.97 Å². The van der Waals surface area contributed by atoms with Crippen LogP contribution in [0.2, 0.25) is 0 Å². The second kappa shape index (κ2) is 4.25. The minimum atomic E-state index is -0.728. The Morgan fingerprint density at radius 1 is 1.62 bits per heavy atom. The molecule has 0 atom stereocenters. The van der Waals surface area contributed by atoms with E-state index < -0.39 is 11.5 Å². The zero-order valence-electron chi connectivity index (χ0n) is 9.44. The van der Waals surface area contributed by atoms with Crippen LogP contribution in [0.15, 0.2) is 12.4 Å². The fourth-order valence-electron chi connectivity index (χ4n) is 2.28. The summed E-state index contributed by atoms with van der Waals surface area (Å²) in [5, 5.41) is 16.5. The lowest BCUT2D eigenvalue weighted by Crippen LogP contribution is -2.49. The molecule has 88 valence electrons. The number of nitrogens with one attached hydrogen (secondary N) is 1. The summed E-state index contributed by atoms with van der Waals surface area (Å²) < 4.78 is 1.72. The summed E-state index contributed by atoms with van der Waals surface area (Å²) in [5.41, 5.74) is 0.311. The van der Waals surface area contributed by atoms with E-state index in [2.05, 4.69) is 10.4 Å². The van der Waals surface area contributed by atoms with E-state index in [1.165, 1.54) is 0 Å². The minimum Gasteiger partial charge on any atom is -0.480 e. The third-order valence-electron chi connectivity index (χ3n) is 3.26. The molecule has 1 aliphatic rings. The standard InChI is InChI=1S/C11H17N3O2/c1-14-8-9(7-13-14)6-12-11(10(15)16)4-2-3-5-11/h7-8,12H,2-6H2,1H3,(H,15,16). The normalized spacial score (nSPS) is 18.8. The number of aryl methyl sites for hydroxylation is 1. The van der Waals surface area contributed by atoms with Crippen LogP contribution < -0.4 is 5.32 Å². The van der Waals surface area contributed by atoms with Crippen molar-refractivity contribution in [3.05, 3.63) is 18.0 Å². The van der Waals surface area contributed by atoms with Crippen LogP contribution in [0.4, 0.5) is 0 Å². The van der Waals surface area contributed by atoms with E-state index in [0.717, 1.165) is 31.2 Å². The summed E-state index contributed by atoms with van der Waals surface area (Å²) in [4.78, 5) is 11.3. The van der Waals surface area contributed by atoms with Gasteiger partial charge in [-0.15, -0.1) is 0 Å². The van der Waals surface area contributed by atoms with E-state index in [1.807, 2.05) is 13.2 Å². The van der Waals surface area contributed by atoms with Crippen LogP contribution in [0.25, 0.3) is 0 Å². The molecule has 0 saturated heterocycles. The molecule has 2 N–H and O–H groups in total. The summed E-state index contributed by atoms with van der Waals surface area (Å²) >= 11 is 0. The molecular weight excluding hydrogens is 206 g/mol. The van der Waals surface area contributed by atoms with Crippen LogP contribution in [0, 0.1) is 0 Å². The third-order valence-corrected chi connectivity index (χ3v) is 3.26. The summed E-state index contributed by atoms with van der Waals surface area (Å²) in [6.07, 6.45) is 7.10. The van der Waals surface area contributed by atoms with Gasteiger partial charge in [0.2, 0.25) is 0 Å². The van der Waals surface area contributed by atoms with Crippen molar-refractivity contribution < 1.29 is 9.90 Å². The highest BCUT2D eigenvalue weighted by Crippen LogP contribution is 2.30. The Balaban J connectivity index is 1.99. The van der Waals surface area contributed by atoms with Crippen LogP contribution in [-0.4, -0.2) is 26.4 Å². The lowest BCUT2D eigenvalue weighted by atomic mass is 9.97. The molecule has 0 radical (unpaired) electrons. The fraction of sp³-hybridized carbons (Fsp3) is 0.636. The van der Waals surface area contributed by atoms with Gasteiger partial charge in [-0.3, -0.25) is 14.8 Å². The van der Waals surface area contributed by atoms with Gasteiger partial charge in [0.05, 0.1) is 6.20 Å². The van der Waals surface area contributed by atoms with E-state index in [9.17, 15) is 9.90 Å². The van der Waals surface area contributed by atoms with Crippen molar-refractivity contribution in [2.45, 2.75) is 37.8 Å². The molecule has 1 fully saturated rings. The maximum atomic E-state index is 11.3. The Bertz CT molecular complexity index is 380. The molecule has 1 heterocycles. The van der Waals surface area contributed by atoms with Crippen LogP contribution in [0.5, 0.6) is 0 Å². The molecule has 16 heavy (non-hydrogen) atoms. The monoisotopic (exact) mass is 223 g/mol. The lowest BCUT2D eigenvalue weighted by Gasteiger charge is -2.25. The molecule has 0 aromatic carbocycles. The van der Waals surface area contributed by atoms with E-state index in [0.29, 0.717) is 6.54 Å². The molecule has 0 aliphatic heterocycles. The summed E-state index contributed by atoms with van der Waals surface area (Å²) in [6.45, 7) is 0.570. The smallest absolute Gasteiger partial charge is 0.323 e. The predicted octanol–water partition coefficient (Wildman–Crippen LogP) is 0.907. The summed E-state index contributed by atoms with van der Waals surface area (Å²) in [7, 11) is 1.85. The molecule has 0 bridgehead atoms. The number of nitrogens with zero attached hydrogens (tertiary/aromatic N) is 2. The topological polar surface area (TPSA) is 67.2 Å². The highest BCUT2D eigenvalue weighted by atomic mass is 16.4. The molecule has 1 aromatic heterocycles. The van der Waals surface area contributed by atoms with E-state index in [-0.39, 0.29) is 0 Å². The number of hydrogen-bond donors (Lipinski definition) is 2. The van der Waals surface area contributed by atoms with Gasteiger partial charge in [0.25, 0.3) is 0 Å². The molecule has 0 amide bonds. The number of carbonyl (C=O) groups is 1. The molecule has 1 aliphatic carbocycles. The zero-order chi connectivity index (χ0) is 11.6. The average Bonchev–Trinajstić information content (AvgIpc) is 2.84. The number of rotatable bonds is 4. The number of aromatic nitrogens is 2. The average molecular weight is 223 g/mol. The second-order valence-electron chi connectivity index (χ2n) is 4.47. The lowest BCUT2D eigenvalue weighted by molar-refractivity contribution is -0.144. The Morgan fingerprint density at radius 3 is 2.81 bits per heavy atom. The predicted molar refractivity (Wildman–Crippen MR) is 58.9 cm³/mol. The maximum Gasteiger partial charge on any atom is 0.323 e. The highest BCUT2D eigenvalue weighted by Gasteiger charge is 2.40. The van der Waals surface area contributed by atoms with Gasteiger partial charge in [-0.2, -0.15) is 5.10 Å². The van der Waals surface area contributed by atoms with Crippen LogP contribution >= 0.6 is 0 Å². The quantitative estimate of drug-likeness (QED) is 0.796. The molecular formula is C11H17N3O2. The van der Waals surface area contributed by atoms with Crippen molar-refractivity contribution in [3.8, 4) is 0 Å². The first-order valence-corrected chi connectivity index (χ1v) is 5.58. The first-order chi connectivity index (χ1) is 7.62. The van der Waals surface area contributed by atoms with Crippen molar-refractivity contribution in [1.82, 2.24) is 15.1 Å². The van der Waals surface area contributed by atoms with Gasteiger partial charge in [-0.05, 0) is 12.8 Å². The Kier molecular flexibility index (Phi) is 2.96. The Morgan fingerprint density at radius 2 is 2.31 bits per heavy atom. The summed E-state index contributed by atoms with van der Waals surface area (Å²) in [5.74, 6) is -0.728. The molecule has 0 spiro atoms. The minimum absolute atomic E-state index is 0.570. The molecule has 1 aromatic rings. The van der Waals surface area contributed by atoms with Crippen molar-refractivity contribution in [2.24, 2.45) is 7.05 Å². The van der Waals surface area contributed by atoms with Crippen LogP contribution in [0.1, 0.15) is 31.2 Å². The fourth-order valence-corrected chi connectivity index (χ4v) is 2.28. The van der Waals surface area contributed by atoms with E-state index >= 15 is 0 Å². The third kappa shape index (κ3) is 2.09. The van der Waals surface area contributed by atoms with Gasteiger partial charge in [0.1, 0.15) is 5.54 Å². The van der Waals surface area contributed by atoms with Gasteiger partial charge in [-0.1, -0.05) is 12.8 Å². The van der Waals surface area contributed by atoms with Crippen LogP contribution in [-0.2, 0) is 18.4 Å². The highest BCUT2D eigenvalue weighted by molar-refractivity contribution is 5.79. The number of carboxylic acids is 1. The Hall–Kier alpha value is -1.36. The van der Waals surface area contributed by atoms with Crippen LogP contribution in [0.3, 0.4) is 0 Å². The van der Waals surface area contributed by atoms with Crippen molar-refractivity contribution in [1.29, 1.82) is 0 Å². The largest absolute Gasteiger partial charge is 0.480 e. The number of carboxylic acid groups (broad SMARTS) is 1.